The lowest BCUT2D eigenvalue weighted by atomic mass is 9.77. The number of likely N-dealkylation sites (N-methyl/N-ethyl adjacent to an activating group) is 2. The van der Waals surface area contributed by atoms with E-state index in [1.165, 1.54) is 26.2 Å². The van der Waals surface area contributed by atoms with Gasteiger partial charge in [-0.3, -0.25) is 39.1 Å². The number of likely N-dealkylation sites (tertiary alicyclic amines) is 1. The summed E-state index contributed by atoms with van der Waals surface area (Å²) in [6, 6.07) is 5.57. The van der Waals surface area contributed by atoms with Gasteiger partial charge in [0.1, 0.15) is 24.4 Å². The van der Waals surface area contributed by atoms with Crippen LogP contribution in [-0.4, -0.2) is 211 Å². The van der Waals surface area contributed by atoms with Crippen molar-refractivity contribution >= 4 is 35.7 Å². The fourth-order valence-corrected chi connectivity index (χ4v) is 11.7. The van der Waals surface area contributed by atoms with Crippen molar-refractivity contribution < 1.29 is 58.3 Å². The van der Waals surface area contributed by atoms with Gasteiger partial charge in [0, 0.05) is 86.1 Å². The number of piperazine rings is 1. The number of methoxy groups -OCH3 is 2. The molecule has 2 fully saturated rings. The minimum Gasteiger partial charge on any atom is -0.481 e. The van der Waals surface area contributed by atoms with E-state index in [1.807, 2.05) is 78.8 Å². The molecule has 13 atom stereocenters. The first-order valence-corrected chi connectivity index (χ1v) is 29.0. The van der Waals surface area contributed by atoms with Crippen molar-refractivity contribution in [2.75, 3.05) is 80.7 Å². The van der Waals surface area contributed by atoms with Gasteiger partial charge in [0.25, 0.3) is 0 Å². The highest BCUT2D eigenvalue weighted by molar-refractivity contribution is 5.92. The van der Waals surface area contributed by atoms with Crippen LogP contribution >= 0.6 is 0 Å². The van der Waals surface area contributed by atoms with Crippen LogP contribution in [0.4, 0.5) is 4.79 Å². The molecule has 1 aromatic carbocycles. The predicted molar refractivity (Wildman–Crippen MR) is 303 cm³/mol. The molecule has 1 unspecified atom stereocenters. The number of carboxylic acids is 1. The topological polar surface area (TPSA) is 243 Å². The van der Waals surface area contributed by atoms with E-state index in [0.29, 0.717) is 63.7 Å². The molecule has 4 rings (SSSR count). The molecular formula is C59H100N8O12. The Morgan fingerprint density at radius 2 is 1.46 bits per heavy atom. The molecule has 79 heavy (non-hydrogen) atoms. The highest BCUT2D eigenvalue weighted by atomic mass is 16.6. The minimum atomic E-state index is -0.996. The highest BCUT2D eigenvalue weighted by Gasteiger charge is 2.44. The van der Waals surface area contributed by atoms with E-state index < -0.39 is 90.2 Å². The lowest BCUT2D eigenvalue weighted by molar-refractivity contribution is -0.148. The van der Waals surface area contributed by atoms with Crippen LogP contribution in [0, 0.1) is 29.1 Å². The summed E-state index contributed by atoms with van der Waals surface area (Å²) in [4.78, 5) is 91.4. The third kappa shape index (κ3) is 18.9. The van der Waals surface area contributed by atoms with E-state index in [-0.39, 0.29) is 48.3 Å². The number of nitrogens with one attached hydrogen (secondary N) is 3. The van der Waals surface area contributed by atoms with Gasteiger partial charge in [-0.05, 0) is 74.8 Å². The summed E-state index contributed by atoms with van der Waals surface area (Å²) in [5.74, 6) is -3.69. The summed E-state index contributed by atoms with van der Waals surface area (Å²) >= 11 is 0. The molecule has 1 aromatic rings. The molecule has 0 radical (unpaired) electrons. The zero-order valence-electron chi connectivity index (χ0n) is 49.9. The van der Waals surface area contributed by atoms with Crippen molar-refractivity contribution in [2.24, 2.45) is 29.1 Å². The fraction of sp³-hybridized carbons (Fsp3) is 0.763. The van der Waals surface area contributed by atoms with E-state index in [4.69, 9.17) is 19.3 Å². The van der Waals surface area contributed by atoms with E-state index in [1.54, 1.807) is 42.8 Å². The van der Waals surface area contributed by atoms with Crippen LogP contribution in [-0.2, 0) is 38.2 Å². The van der Waals surface area contributed by atoms with E-state index in [0.717, 1.165) is 39.1 Å². The molecule has 0 aromatic heterocycles. The zero-order valence-corrected chi connectivity index (χ0v) is 49.9. The van der Waals surface area contributed by atoms with E-state index in [2.05, 4.69) is 25.8 Å². The average Bonchev–Trinajstić information content (AvgIpc) is 3.91. The van der Waals surface area contributed by atoms with E-state index in [9.17, 15) is 39.0 Å². The molecule has 3 aliphatic rings. The summed E-state index contributed by atoms with van der Waals surface area (Å²) in [6.45, 7) is 22.5. The first-order valence-electron chi connectivity index (χ1n) is 29.0. The van der Waals surface area contributed by atoms with Crippen LogP contribution in [0.5, 0.6) is 0 Å². The monoisotopic (exact) mass is 1110 g/mol. The number of aliphatic hydroxyl groups excluding tert-OH is 2. The number of allylic oxidation sites excluding steroid dienone is 1. The second-order valence-corrected chi connectivity index (χ2v) is 23.5. The lowest BCUT2D eigenvalue weighted by Gasteiger charge is -2.41. The number of hydrogen-bond acceptors (Lipinski definition) is 14. The van der Waals surface area contributed by atoms with Crippen molar-refractivity contribution in [3.8, 4) is 0 Å². The van der Waals surface area contributed by atoms with Crippen molar-refractivity contribution in [3.05, 3.63) is 48.0 Å². The molecule has 6 N–H and O–H groups in total. The summed E-state index contributed by atoms with van der Waals surface area (Å²) in [5.41, 5.74) is 0.181. The van der Waals surface area contributed by atoms with Gasteiger partial charge in [-0.15, -0.1) is 0 Å². The van der Waals surface area contributed by atoms with Gasteiger partial charge >= 0.3 is 12.1 Å². The molecule has 0 bridgehead atoms. The van der Waals surface area contributed by atoms with Gasteiger partial charge in [0.2, 0.25) is 23.6 Å². The maximum Gasteiger partial charge on any atom is 0.410 e. The van der Waals surface area contributed by atoms with Crippen molar-refractivity contribution in [1.29, 1.82) is 0 Å². The Morgan fingerprint density at radius 3 is 2.04 bits per heavy atom. The Morgan fingerprint density at radius 1 is 0.810 bits per heavy atom. The summed E-state index contributed by atoms with van der Waals surface area (Å²) in [7, 11) is 6.27. The molecule has 20 nitrogen and oxygen atoms in total. The van der Waals surface area contributed by atoms with Gasteiger partial charge in [-0.2, -0.15) is 0 Å². The van der Waals surface area contributed by atoms with Crippen LogP contribution in [0.3, 0.4) is 0 Å². The first kappa shape index (κ1) is 66.8. The number of rotatable bonds is 29. The number of carbonyl (C=O) groups excluding carboxylic acids is 5. The Bertz CT molecular complexity index is 2110. The normalized spacial score (nSPS) is 23.6. The third-order valence-corrected chi connectivity index (χ3v) is 17.1. The van der Waals surface area contributed by atoms with Crippen LogP contribution < -0.4 is 16.0 Å². The third-order valence-electron chi connectivity index (χ3n) is 17.1. The first-order chi connectivity index (χ1) is 37.4. The number of hydrogen-bond donors (Lipinski definition) is 6. The van der Waals surface area contributed by atoms with Crippen LogP contribution in [0.25, 0.3) is 0 Å². The SMILES string of the molecule is CC[C@H](C)[C@@H]([C@@H](CC(=O)N1CCC[C@H]1[C@H](OC)[C@@H](C)C(=O)N[C@H](C)[C@@H](O)c1ccccc1)OC)N(C)C(=O)[C@@H](NC(=O)[C@H](C(C)C)N(C)C(=O)O[C@H]1/C=C/CC[C@@](C)(C(O)NCCN2CCN(CCC(=O)O)CC2)CC1)C(C)C. The van der Waals surface area contributed by atoms with Crippen molar-refractivity contribution in [3.63, 3.8) is 0 Å². The van der Waals surface area contributed by atoms with Gasteiger partial charge in [0.05, 0.1) is 55.2 Å². The molecule has 2 heterocycles. The Kier molecular flexibility index (Phi) is 27.1. The summed E-state index contributed by atoms with van der Waals surface area (Å²) in [6.07, 6.45) is 3.96. The van der Waals surface area contributed by atoms with Crippen molar-refractivity contribution in [1.82, 2.24) is 40.4 Å². The zero-order chi connectivity index (χ0) is 58.7. The predicted octanol–water partition coefficient (Wildman–Crippen LogP) is 4.88. The molecule has 448 valence electrons. The largest absolute Gasteiger partial charge is 0.481 e. The maximum atomic E-state index is 14.8. The highest BCUT2D eigenvalue weighted by Crippen LogP contribution is 2.36. The number of carbonyl (C=O) groups is 6. The molecule has 1 aliphatic carbocycles. The second-order valence-electron chi connectivity index (χ2n) is 23.5. The number of carboxylic acid groups (broad SMARTS) is 1. The second kappa shape index (κ2) is 32.1. The summed E-state index contributed by atoms with van der Waals surface area (Å²) < 4.78 is 18.1. The maximum absolute atomic E-state index is 14.8. The molecule has 0 spiro atoms. The fourth-order valence-electron chi connectivity index (χ4n) is 11.7. The molecule has 2 aliphatic heterocycles. The van der Waals surface area contributed by atoms with Gasteiger partial charge in [0.15, 0.2) is 0 Å². The Hall–Kier alpha value is -4.70. The smallest absolute Gasteiger partial charge is 0.410 e. The molecule has 2 saturated heterocycles. The Labute approximate surface area is 471 Å². The van der Waals surface area contributed by atoms with Gasteiger partial charge < -0.3 is 54.9 Å². The number of nitrogens with zero attached hydrogens (tertiary/aromatic N) is 5. The Balaban J connectivity index is 1.37. The minimum absolute atomic E-state index is 0.0518. The van der Waals surface area contributed by atoms with Crippen LogP contribution in [0.1, 0.15) is 132 Å². The molecular weight excluding hydrogens is 1010 g/mol. The van der Waals surface area contributed by atoms with Crippen molar-refractivity contribution in [2.45, 2.75) is 181 Å². The number of aliphatic hydroxyl groups is 2. The average molecular weight is 1110 g/mol. The van der Waals surface area contributed by atoms with Gasteiger partial charge in [-0.1, -0.05) is 98.2 Å². The number of amides is 5. The van der Waals surface area contributed by atoms with E-state index >= 15 is 0 Å². The van der Waals surface area contributed by atoms with Crippen LogP contribution in [0.15, 0.2) is 42.5 Å². The van der Waals surface area contributed by atoms with Gasteiger partial charge in [-0.25, -0.2) is 4.79 Å². The molecule has 0 saturated carbocycles. The lowest BCUT2D eigenvalue weighted by Crippen LogP contribution is -2.60. The number of aliphatic carboxylic acids is 1. The molecule has 20 heteroatoms. The number of benzene rings is 1. The standard InChI is InChI=1S/C59H100N8O12/c1-14-40(6)51(46(77-12)37-47(68)67-30-20-24-45(67)53(78-13)41(7)54(72)61-42(8)52(71)43-21-16-15-17-22-43)63(10)56(74)49(38(2)3)62-55(73)50(39(4)5)64(11)58(76)79-44-23-18-19-27-59(9,28-25-44)57(75)60-29-32-66-35-33-65(34-36-66)31-26-48(69)70/h15-18,21-23,38-42,44-46,49-53,57,60,71,75H,14,19-20,24-37H2,1-13H3,(H,61,72)(H,62,73)(H,69,70)/b23-18+/t40-,41+,42+,44-,45-,46+,49-,50-,51-,52+,53+,57?,59+/m0/s1. The van der Waals surface area contributed by atoms with Crippen LogP contribution in [0.2, 0.25) is 0 Å². The quantitative estimate of drug-likeness (QED) is 0.0463. The molecule has 5 amide bonds. The summed E-state index contributed by atoms with van der Waals surface area (Å²) in [5, 5.41) is 40.7. The number of ether oxygens (including phenoxy) is 3.